The van der Waals surface area contributed by atoms with Gasteiger partial charge in [0.05, 0.1) is 4.90 Å². The van der Waals surface area contributed by atoms with E-state index in [9.17, 15) is 18.0 Å². The number of benzene rings is 3. The van der Waals surface area contributed by atoms with Crippen molar-refractivity contribution in [2.75, 3.05) is 11.9 Å². The van der Waals surface area contributed by atoms with Crippen molar-refractivity contribution in [3.8, 4) is 5.75 Å². The number of anilines is 1. The Labute approximate surface area is 205 Å². The SMILES string of the molecule is CC(C)[C@@H](NS(=O)(=O)c1ccccc1)C(=O)OCC(=O)Nc1ccc(OCc2ccccc2)cc1. The summed E-state index contributed by atoms with van der Waals surface area (Å²) in [7, 11) is -3.93. The Morgan fingerprint density at radius 2 is 1.46 bits per heavy atom. The molecule has 0 bridgehead atoms. The normalized spacial score (nSPS) is 12.1. The molecule has 0 unspecified atom stereocenters. The molecular weight excluding hydrogens is 468 g/mol. The van der Waals surface area contributed by atoms with Crippen molar-refractivity contribution in [1.82, 2.24) is 4.72 Å². The third kappa shape index (κ3) is 7.94. The summed E-state index contributed by atoms with van der Waals surface area (Å²) in [5.41, 5.74) is 1.54. The molecule has 3 aromatic carbocycles. The lowest BCUT2D eigenvalue weighted by molar-refractivity contribution is -0.150. The molecule has 9 heteroatoms. The summed E-state index contributed by atoms with van der Waals surface area (Å²) in [4.78, 5) is 24.8. The average molecular weight is 497 g/mol. The van der Waals surface area contributed by atoms with Crippen molar-refractivity contribution in [2.24, 2.45) is 5.92 Å². The van der Waals surface area contributed by atoms with Gasteiger partial charge in [-0.05, 0) is 47.9 Å². The van der Waals surface area contributed by atoms with Crippen molar-refractivity contribution in [1.29, 1.82) is 0 Å². The molecule has 0 heterocycles. The fraction of sp³-hybridized carbons (Fsp3) is 0.231. The molecule has 3 rings (SSSR count). The lowest BCUT2D eigenvalue weighted by Crippen LogP contribution is -2.45. The second-order valence-electron chi connectivity index (χ2n) is 8.11. The molecule has 8 nitrogen and oxygen atoms in total. The second-order valence-corrected chi connectivity index (χ2v) is 9.82. The van der Waals surface area contributed by atoms with Gasteiger partial charge < -0.3 is 14.8 Å². The van der Waals surface area contributed by atoms with E-state index in [-0.39, 0.29) is 4.90 Å². The molecule has 0 spiro atoms. The highest BCUT2D eigenvalue weighted by molar-refractivity contribution is 7.89. The van der Waals surface area contributed by atoms with Gasteiger partial charge in [0.1, 0.15) is 18.4 Å². The topological polar surface area (TPSA) is 111 Å². The Bertz CT molecular complexity index is 1210. The van der Waals surface area contributed by atoms with E-state index in [4.69, 9.17) is 9.47 Å². The summed E-state index contributed by atoms with van der Waals surface area (Å²) in [6.07, 6.45) is 0. The molecule has 0 aliphatic carbocycles. The number of carbonyl (C=O) groups is 2. The number of amides is 1. The van der Waals surface area contributed by atoms with Crippen LogP contribution >= 0.6 is 0 Å². The fourth-order valence-corrected chi connectivity index (χ4v) is 4.44. The Morgan fingerprint density at radius 1 is 0.857 bits per heavy atom. The number of hydrogen-bond donors (Lipinski definition) is 2. The maximum atomic E-state index is 12.6. The largest absolute Gasteiger partial charge is 0.489 e. The molecule has 0 fully saturated rings. The number of ether oxygens (including phenoxy) is 2. The van der Waals surface area contributed by atoms with Crippen LogP contribution < -0.4 is 14.8 Å². The van der Waals surface area contributed by atoms with Crippen LogP contribution in [-0.4, -0.2) is 32.9 Å². The zero-order valence-corrected chi connectivity index (χ0v) is 20.3. The first-order valence-corrected chi connectivity index (χ1v) is 12.5. The minimum atomic E-state index is -3.93. The van der Waals surface area contributed by atoms with E-state index in [1.165, 1.54) is 12.1 Å². The van der Waals surface area contributed by atoms with Crippen LogP contribution in [-0.2, 0) is 31.0 Å². The van der Waals surface area contributed by atoms with Gasteiger partial charge in [-0.15, -0.1) is 0 Å². The third-order valence-corrected chi connectivity index (χ3v) is 6.45. The van der Waals surface area contributed by atoms with Crippen molar-refractivity contribution in [3.63, 3.8) is 0 Å². The standard InChI is InChI=1S/C26H28N2O6S/c1-19(2)25(28-35(31,32)23-11-7-4-8-12-23)26(30)34-18-24(29)27-21-13-15-22(16-14-21)33-17-20-9-5-3-6-10-20/h3-16,19,25,28H,17-18H2,1-2H3,(H,27,29)/t25-/m1/s1. The minimum absolute atomic E-state index is 0.0346. The Kier molecular flexibility index (Phi) is 8.99. The van der Waals surface area contributed by atoms with E-state index in [1.54, 1.807) is 56.3 Å². The first kappa shape index (κ1) is 25.9. The van der Waals surface area contributed by atoms with Crippen LogP contribution in [0.3, 0.4) is 0 Å². The Balaban J connectivity index is 1.50. The van der Waals surface area contributed by atoms with Gasteiger partial charge in [0.15, 0.2) is 6.61 Å². The Hall–Kier alpha value is -3.69. The van der Waals surface area contributed by atoms with Gasteiger partial charge in [0.25, 0.3) is 5.91 Å². The number of nitrogens with one attached hydrogen (secondary N) is 2. The van der Waals surface area contributed by atoms with Gasteiger partial charge in [-0.3, -0.25) is 9.59 Å². The van der Waals surface area contributed by atoms with E-state index in [0.717, 1.165) is 5.56 Å². The van der Waals surface area contributed by atoms with E-state index < -0.39 is 40.5 Å². The van der Waals surface area contributed by atoms with Crippen LogP contribution in [0.25, 0.3) is 0 Å². The van der Waals surface area contributed by atoms with Gasteiger partial charge >= 0.3 is 5.97 Å². The number of hydrogen-bond acceptors (Lipinski definition) is 6. The first-order chi connectivity index (χ1) is 16.7. The molecule has 0 radical (unpaired) electrons. The fourth-order valence-electron chi connectivity index (χ4n) is 3.09. The van der Waals surface area contributed by atoms with Crippen LogP contribution in [0.2, 0.25) is 0 Å². The number of rotatable bonds is 11. The molecule has 1 atom stereocenters. The minimum Gasteiger partial charge on any atom is -0.489 e. The summed E-state index contributed by atoms with van der Waals surface area (Å²) >= 11 is 0. The van der Waals surface area contributed by atoms with Gasteiger partial charge in [0, 0.05) is 5.69 Å². The van der Waals surface area contributed by atoms with Gasteiger partial charge in [0.2, 0.25) is 10.0 Å². The van der Waals surface area contributed by atoms with Crippen molar-refractivity contribution in [3.05, 3.63) is 90.5 Å². The highest BCUT2D eigenvalue weighted by Gasteiger charge is 2.30. The molecular formula is C26H28N2O6S. The van der Waals surface area contributed by atoms with Crippen LogP contribution in [0.1, 0.15) is 19.4 Å². The molecule has 0 aromatic heterocycles. The van der Waals surface area contributed by atoms with Crippen molar-refractivity contribution >= 4 is 27.6 Å². The molecule has 0 saturated heterocycles. The summed E-state index contributed by atoms with van der Waals surface area (Å²) in [6.45, 7) is 3.23. The first-order valence-electron chi connectivity index (χ1n) is 11.1. The molecule has 3 aromatic rings. The van der Waals surface area contributed by atoms with Crippen molar-refractivity contribution < 1.29 is 27.5 Å². The van der Waals surface area contributed by atoms with E-state index in [0.29, 0.717) is 18.0 Å². The van der Waals surface area contributed by atoms with Crippen LogP contribution in [0.4, 0.5) is 5.69 Å². The van der Waals surface area contributed by atoms with Crippen molar-refractivity contribution in [2.45, 2.75) is 31.4 Å². The number of esters is 1. The molecule has 1 amide bonds. The zero-order valence-electron chi connectivity index (χ0n) is 19.5. The second kappa shape index (κ2) is 12.1. The predicted octanol–water partition coefficient (Wildman–Crippen LogP) is 3.75. The number of sulfonamides is 1. The third-order valence-electron chi connectivity index (χ3n) is 4.99. The molecule has 35 heavy (non-hydrogen) atoms. The maximum Gasteiger partial charge on any atom is 0.324 e. The summed E-state index contributed by atoms with van der Waals surface area (Å²) in [5, 5.41) is 2.63. The van der Waals surface area contributed by atoms with E-state index >= 15 is 0 Å². The van der Waals surface area contributed by atoms with Gasteiger partial charge in [-0.25, -0.2) is 8.42 Å². The highest BCUT2D eigenvalue weighted by Crippen LogP contribution is 2.17. The molecule has 0 aliphatic rings. The van der Waals surface area contributed by atoms with Gasteiger partial charge in [-0.2, -0.15) is 4.72 Å². The Morgan fingerprint density at radius 3 is 2.06 bits per heavy atom. The van der Waals surface area contributed by atoms with E-state index in [2.05, 4.69) is 10.0 Å². The maximum absolute atomic E-state index is 12.6. The summed E-state index contributed by atoms with van der Waals surface area (Å²) in [6, 6.07) is 23.1. The average Bonchev–Trinajstić information content (AvgIpc) is 2.86. The molecule has 184 valence electrons. The number of carbonyl (C=O) groups excluding carboxylic acids is 2. The van der Waals surface area contributed by atoms with Crippen LogP contribution in [0.15, 0.2) is 89.8 Å². The zero-order chi connectivity index (χ0) is 25.3. The molecule has 2 N–H and O–H groups in total. The molecule has 0 aliphatic heterocycles. The lowest BCUT2D eigenvalue weighted by Gasteiger charge is -2.20. The predicted molar refractivity (Wildman–Crippen MR) is 132 cm³/mol. The van der Waals surface area contributed by atoms with Crippen LogP contribution in [0, 0.1) is 5.92 Å². The van der Waals surface area contributed by atoms with Gasteiger partial charge in [-0.1, -0.05) is 62.4 Å². The monoisotopic (exact) mass is 496 g/mol. The lowest BCUT2D eigenvalue weighted by atomic mass is 10.1. The smallest absolute Gasteiger partial charge is 0.324 e. The highest BCUT2D eigenvalue weighted by atomic mass is 32.2. The molecule has 0 saturated carbocycles. The van der Waals surface area contributed by atoms with E-state index in [1.807, 2.05) is 30.3 Å². The summed E-state index contributed by atoms with van der Waals surface area (Å²) in [5.74, 6) is -1.14. The summed E-state index contributed by atoms with van der Waals surface area (Å²) < 4.78 is 38.3. The quantitative estimate of drug-likeness (QED) is 0.391. The van der Waals surface area contributed by atoms with Crippen LogP contribution in [0.5, 0.6) is 5.75 Å².